The van der Waals surface area contributed by atoms with E-state index in [1.54, 1.807) is 18.7 Å². The van der Waals surface area contributed by atoms with E-state index in [1.165, 1.54) is 11.8 Å². The molecule has 0 unspecified atom stereocenters. The summed E-state index contributed by atoms with van der Waals surface area (Å²) in [5.41, 5.74) is 1.41. The molecule has 0 aliphatic carbocycles. The van der Waals surface area contributed by atoms with Crippen molar-refractivity contribution in [2.24, 2.45) is 0 Å². The molecule has 0 aliphatic rings. The Kier molecular flexibility index (Phi) is 5.78. The molecule has 7 heteroatoms. The average molecular weight is 371 g/mol. The first kappa shape index (κ1) is 17.6. The third-order valence-corrected chi connectivity index (χ3v) is 5.16. The summed E-state index contributed by atoms with van der Waals surface area (Å²) in [6.45, 7) is 1.78. The number of carbonyl (C=O) groups excluding carboxylic acids is 1. The Morgan fingerprint density at radius 1 is 1.20 bits per heavy atom. The number of hydrogen-bond donors (Lipinski definition) is 1. The summed E-state index contributed by atoms with van der Waals surface area (Å²) < 4.78 is 5.12. The van der Waals surface area contributed by atoms with E-state index >= 15 is 0 Å². The fraction of sp³-hybridized carbons (Fsp3) is 0.167. The highest BCUT2D eigenvalue weighted by molar-refractivity contribution is 7.98. The largest absolute Gasteiger partial charge is 0.338 e. The molecule has 1 aromatic heterocycles. The number of carbonyl (C=O) groups is 1. The SMILES string of the molecule is CSc1cccc(NC(=O)c2ccccc2SCc2nc(C)no2)c1. The fourth-order valence-corrected chi connectivity index (χ4v) is 3.56. The number of nitrogens with zero attached hydrogens (tertiary/aromatic N) is 2. The Hall–Kier alpha value is -2.25. The molecule has 0 spiro atoms. The van der Waals surface area contributed by atoms with Crippen LogP contribution in [0.2, 0.25) is 0 Å². The van der Waals surface area contributed by atoms with Crippen LogP contribution in [0.3, 0.4) is 0 Å². The number of aryl methyl sites for hydroxylation is 1. The molecule has 0 fully saturated rings. The maximum absolute atomic E-state index is 12.7. The second-order valence-corrected chi connectivity index (χ2v) is 7.10. The van der Waals surface area contributed by atoms with E-state index in [0.29, 0.717) is 23.0 Å². The maximum atomic E-state index is 12.7. The van der Waals surface area contributed by atoms with Crippen LogP contribution in [0.5, 0.6) is 0 Å². The van der Waals surface area contributed by atoms with Crippen molar-refractivity contribution in [1.82, 2.24) is 10.1 Å². The second kappa shape index (κ2) is 8.22. The van der Waals surface area contributed by atoms with Crippen molar-refractivity contribution in [1.29, 1.82) is 0 Å². The number of anilines is 1. The molecule has 1 heterocycles. The lowest BCUT2D eigenvalue weighted by Crippen LogP contribution is -2.13. The van der Waals surface area contributed by atoms with Crippen molar-refractivity contribution < 1.29 is 9.32 Å². The number of nitrogens with one attached hydrogen (secondary N) is 1. The molecule has 0 bridgehead atoms. The van der Waals surface area contributed by atoms with E-state index in [1.807, 2.05) is 54.8 Å². The van der Waals surface area contributed by atoms with E-state index in [2.05, 4.69) is 15.5 Å². The molecule has 2 aromatic carbocycles. The van der Waals surface area contributed by atoms with Crippen LogP contribution in [0.1, 0.15) is 22.1 Å². The van der Waals surface area contributed by atoms with Gasteiger partial charge >= 0.3 is 0 Å². The third-order valence-electron chi connectivity index (χ3n) is 3.38. The number of aromatic nitrogens is 2. The number of rotatable bonds is 6. The van der Waals surface area contributed by atoms with Crippen LogP contribution >= 0.6 is 23.5 Å². The van der Waals surface area contributed by atoms with Gasteiger partial charge < -0.3 is 9.84 Å². The summed E-state index contributed by atoms with van der Waals surface area (Å²) in [7, 11) is 0. The molecule has 0 saturated heterocycles. The second-order valence-electron chi connectivity index (χ2n) is 5.21. The Morgan fingerprint density at radius 2 is 2.04 bits per heavy atom. The van der Waals surface area contributed by atoms with Crippen molar-refractivity contribution in [2.45, 2.75) is 22.5 Å². The van der Waals surface area contributed by atoms with Gasteiger partial charge in [-0.25, -0.2) is 0 Å². The van der Waals surface area contributed by atoms with Crippen molar-refractivity contribution >= 4 is 35.1 Å². The molecule has 5 nitrogen and oxygen atoms in total. The Labute approximate surface area is 154 Å². The van der Waals surface area contributed by atoms with Crippen LogP contribution in [0.15, 0.2) is 62.8 Å². The molecule has 1 amide bonds. The van der Waals surface area contributed by atoms with Crippen molar-refractivity contribution in [2.75, 3.05) is 11.6 Å². The fourth-order valence-electron chi connectivity index (χ4n) is 2.22. The molecular weight excluding hydrogens is 354 g/mol. The van der Waals surface area contributed by atoms with Gasteiger partial charge in [-0.05, 0) is 43.5 Å². The lowest BCUT2D eigenvalue weighted by molar-refractivity contribution is 0.102. The number of hydrogen-bond acceptors (Lipinski definition) is 6. The molecule has 128 valence electrons. The van der Waals surface area contributed by atoms with Crippen LogP contribution < -0.4 is 5.32 Å². The Balaban J connectivity index is 1.73. The number of thioether (sulfide) groups is 2. The minimum atomic E-state index is -0.136. The van der Waals surface area contributed by atoms with Gasteiger partial charge in [-0.3, -0.25) is 4.79 Å². The summed E-state index contributed by atoms with van der Waals surface area (Å²) in [6, 6.07) is 15.3. The molecule has 0 aliphatic heterocycles. The normalized spacial score (nSPS) is 10.6. The van der Waals surface area contributed by atoms with Crippen LogP contribution in [0.25, 0.3) is 0 Å². The Morgan fingerprint density at radius 3 is 2.80 bits per heavy atom. The average Bonchev–Trinajstić information content (AvgIpc) is 3.05. The third kappa shape index (κ3) is 4.64. The van der Waals surface area contributed by atoms with Gasteiger partial charge in [0.05, 0.1) is 11.3 Å². The molecule has 25 heavy (non-hydrogen) atoms. The molecule has 0 atom stereocenters. The van der Waals surface area contributed by atoms with Crippen LogP contribution in [0.4, 0.5) is 5.69 Å². The van der Waals surface area contributed by atoms with Gasteiger partial charge in [0.2, 0.25) is 5.89 Å². The predicted octanol–water partition coefficient (Wildman–Crippen LogP) is 4.64. The zero-order chi connectivity index (χ0) is 17.6. The van der Waals surface area contributed by atoms with E-state index in [-0.39, 0.29) is 5.91 Å². The highest BCUT2D eigenvalue weighted by atomic mass is 32.2. The predicted molar refractivity (Wildman–Crippen MR) is 101 cm³/mol. The van der Waals surface area contributed by atoms with Gasteiger partial charge in [-0.2, -0.15) is 4.98 Å². The molecule has 3 rings (SSSR count). The van der Waals surface area contributed by atoms with Crippen molar-refractivity contribution in [3.63, 3.8) is 0 Å². The van der Waals surface area contributed by atoms with Gasteiger partial charge in [-0.15, -0.1) is 23.5 Å². The van der Waals surface area contributed by atoms with E-state index in [4.69, 9.17) is 4.52 Å². The maximum Gasteiger partial charge on any atom is 0.256 e. The van der Waals surface area contributed by atoms with Gasteiger partial charge in [0.1, 0.15) is 0 Å². The van der Waals surface area contributed by atoms with E-state index in [9.17, 15) is 4.79 Å². The quantitative estimate of drug-likeness (QED) is 0.637. The Bertz CT molecular complexity index is 880. The van der Waals surface area contributed by atoms with Gasteiger partial charge in [-0.1, -0.05) is 23.4 Å². The monoisotopic (exact) mass is 371 g/mol. The number of benzene rings is 2. The minimum Gasteiger partial charge on any atom is -0.338 e. The summed E-state index contributed by atoms with van der Waals surface area (Å²) >= 11 is 3.14. The first-order valence-corrected chi connectivity index (χ1v) is 9.83. The lowest BCUT2D eigenvalue weighted by atomic mass is 10.2. The van der Waals surface area contributed by atoms with Gasteiger partial charge in [0.25, 0.3) is 5.91 Å². The topological polar surface area (TPSA) is 68.0 Å². The molecule has 0 saturated carbocycles. The van der Waals surface area contributed by atoms with Crippen LogP contribution in [-0.4, -0.2) is 22.3 Å². The van der Waals surface area contributed by atoms with Gasteiger partial charge in [0, 0.05) is 15.5 Å². The summed E-state index contributed by atoms with van der Waals surface area (Å²) in [4.78, 5) is 18.8. The summed E-state index contributed by atoms with van der Waals surface area (Å²) in [5, 5.41) is 6.74. The lowest BCUT2D eigenvalue weighted by Gasteiger charge is -2.10. The first-order chi connectivity index (χ1) is 12.2. The molecule has 3 aromatic rings. The standard InChI is InChI=1S/C18H17N3O2S2/c1-12-19-17(23-21-12)11-25-16-9-4-3-8-15(16)18(22)20-13-6-5-7-14(10-13)24-2/h3-10H,11H2,1-2H3,(H,20,22). The van der Waals surface area contributed by atoms with Crippen LogP contribution in [0, 0.1) is 6.92 Å². The summed E-state index contributed by atoms with van der Waals surface area (Å²) in [5.74, 6) is 1.54. The minimum absolute atomic E-state index is 0.136. The molecular formula is C18H17N3O2S2. The van der Waals surface area contributed by atoms with Crippen molar-refractivity contribution in [3.8, 4) is 0 Å². The van der Waals surface area contributed by atoms with Crippen molar-refractivity contribution in [3.05, 3.63) is 65.8 Å². The zero-order valence-corrected chi connectivity index (χ0v) is 15.5. The smallest absolute Gasteiger partial charge is 0.256 e. The highest BCUT2D eigenvalue weighted by Crippen LogP contribution is 2.27. The van der Waals surface area contributed by atoms with Crippen LogP contribution in [-0.2, 0) is 5.75 Å². The first-order valence-electron chi connectivity index (χ1n) is 7.62. The van der Waals surface area contributed by atoms with E-state index < -0.39 is 0 Å². The van der Waals surface area contributed by atoms with E-state index in [0.717, 1.165) is 15.5 Å². The molecule has 1 N–H and O–H groups in total. The molecule has 0 radical (unpaired) electrons. The summed E-state index contributed by atoms with van der Waals surface area (Å²) in [6.07, 6.45) is 2.01. The van der Waals surface area contributed by atoms with Gasteiger partial charge in [0.15, 0.2) is 5.82 Å². The zero-order valence-electron chi connectivity index (χ0n) is 13.9. The highest BCUT2D eigenvalue weighted by Gasteiger charge is 2.13. The number of amides is 1.